The van der Waals surface area contributed by atoms with Gasteiger partial charge in [-0.2, -0.15) is 0 Å². The zero-order valence-electron chi connectivity index (χ0n) is 11.4. The van der Waals surface area contributed by atoms with Crippen LogP contribution in [-0.4, -0.2) is 17.3 Å². The first-order chi connectivity index (χ1) is 7.63. The fourth-order valence-electron chi connectivity index (χ4n) is 1.98. The van der Waals surface area contributed by atoms with Crippen LogP contribution >= 0.6 is 0 Å². The Morgan fingerprint density at radius 1 is 1.00 bits per heavy atom. The summed E-state index contributed by atoms with van der Waals surface area (Å²) in [5.41, 5.74) is 5.98. The third-order valence-electron chi connectivity index (χ3n) is 3.60. The molecule has 0 rings (SSSR count). The number of hydrogen-bond donors (Lipinski definition) is 2. The molecule has 0 spiro atoms. The minimum Gasteiger partial charge on any atom is -0.392 e. The minimum atomic E-state index is -0.305. The molecule has 0 aromatic carbocycles. The molecular formula is C14H31NO. The first-order valence-electron chi connectivity index (χ1n) is 7.07. The maximum atomic E-state index is 9.90. The van der Waals surface area contributed by atoms with E-state index in [9.17, 15) is 5.11 Å². The number of aliphatic hydroxyl groups excluding tert-OH is 1. The maximum absolute atomic E-state index is 9.90. The molecular weight excluding hydrogens is 198 g/mol. The molecule has 0 aromatic heterocycles. The van der Waals surface area contributed by atoms with Gasteiger partial charge in [0.15, 0.2) is 0 Å². The van der Waals surface area contributed by atoms with E-state index in [2.05, 4.69) is 20.8 Å². The topological polar surface area (TPSA) is 46.2 Å². The van der Waals surface area contributed by atoms with E-state index in [-0.39, 0.29) is 12.1 Å². The van der Waals surface area contributed by atoms with E-state index in [1.807, 2.05) is 0 Å². The molecule has 0 heterocycles. The standard InChI is InChI=1S/C14H31NO/c1-4-6-7-8-9-10-11-13(16)14(15)12(3)5-2/h12-14,16H,4-11,15H2,1-3H3/t12-,13+,14-/m0/s1. The van der Waals surface area contributed by atoms with E-state index in [1.165, 1.54) is 32.1 Å². The van der Waals surface area contributed by atoms with Crippen LogP contribution in [0.4, 0.5) is 0 Å². The van der Waals surface area contributed by atoms with Gasteiger partial charge in [0.25, 0.3) is 0 Å². The molecule has 0 unspecified atom stereocenters. The Kier molecular flexibility index (Phi) is 10.0. The fourth-order valence-corrected chi connectivity index (χ4v) is 1.98. The summed E-state index contributed by atoms with van der Waals surface area (Å²) in [7, 11) is 0. The average molecular weight is 229 g/mol. The van der Waals surface area contributed by atoms with Gasteiger partial charge in [-0.1, -0.05) is 65.7 Å². The molecule has 0 amide bonds. The van der Waals surface area contributed by atoms with Gasteiger partial charge in [0, 0.05) is 6.04 Å². The number of nitrogens with two attached hydrogens (primary N) is 1. The van der Waals surface area contributed by atoms with Crippen LogP contribution < -0.4 is 5.73 Å². The Bertz CT molecular complexity index is 150. The predicted octanol–water partition coefficient (Wildman–Crippen LogP) is 3.47. The van der Waals surface area contributed by atoms with Crippen LogP contribution in [-0.2, 0) is 0 Å². The van der Waals surface area contributed by atoms with Crippen molar-refractivity contribution in [3.8, 4) is 0 Å². The second kappa shape index (κ2) is 10.1. The molecule has 0 aromatic rings. The summed E-state index contributed by atoms with van der Waals surface area (Å²) < 4.78 is 0. The van der Waals surface area contributed by atoms with E-state index in [0.29, 0.717) is 5.92 Å². The number of aliphatic hydroxyl groups is 1. The summed E-state index contributed by atoms with van der Waals surface area (Å²) in [6.07, 6.45) is 9.26. The smallest absolute Gasteiger partial charge is 0.0693 e. The Balaban J connectivity index is 3.45. The van der Waals surface area contributed by atoms with Gasteiger partial charge in [0.2, 0.25) is 0 Å². The number of hydrogen-bond acceptors (Lipinski definition) is 2. The lowest BCUT2D eigenvalue weighted by Gasteiger charge is -2.24. The van der Waals surface area contributed by atoms with Gasteiger partial charge < -0.3 is 10.8 Å². The lowest BCUT2D eigenvalue weighted by Crippen LogP contribution is -2.39. The molecule has 0 aliphatic rings. The normalized spacial score (nSPS) is 17.1. The van der Waals surface area contributed by atoms with E-state index in [1.54, 1.807) is 0 Å². The third-order valence-corrected chi connectivity index (χ3v) is 3.60. The molecule has 0 bridgehead atoms. The fraction of sp³-hybridized carbons (Fsp3) is 1.00. The highest BCUT2D eigenvalue weighted by Crippen LogP contribution is 2.15. The Morgan fingerprint density at radius 3 is 2.12 bits per heavy atom. The van der Waals surface area contributed by atoms with Gasteiger partial charge in [0.1, 0.15) is 0 Å². The molecule has 0 saturated carbocycles. The van der Waals surface area contributed by atoms with Crippen molar-refractivity contribution in [2.24, 2.45) is 11.7 Å². The lowest BCUT2D eigenvalue weighted by atomic mass is 9.92. The van der Waals surface area contributed by atoms with Gasteiger partial charge in [-0.25, -0.2) is 0 Å². The van der Waals surface area contributed by atoms with Gasteiger partial charge in [-0.3, -0.25) is 0 Å². The molecule has 2 heteroatoms. The largest absolute Gasteiger partial charge is 0.392 e. The van der Waals surface area contributed by atoms with Crippen molar-refractivity contribution in [3.05, 3.63) is 0 Å². The second-order valence-corrected chi connectivity index (χ2v) is 5.09. The van der Waals surface area contributed by atoms with Crippen molar-refractivity contribution in [2.45, 2.75) is 84.3 Å². The summed E-state index contributed by atoms with van der Waals surface area (Å²) >= 11 is 0. The van der Waals surface area contributed by atoms with Crippen LogP contribution in [0.5, 0.6) is 0 Å². The molecule has 0 radical (unpaired) electrons. The van der Waals surface area contributed by atoms with E-state index >= 15 is 0 Å². The summed E-state index contributed by atoms with van der Waals surface area (Å²) in [6.45, 7) is 6.48. The van der Waals surface area contributed by atoms with Gasteiger partial charge >= 0.3 is 0 Å². The Morgan fingerprint density at radius 2 is 1.56 bits per heavy atom. The lowest BCUT2D eigenvalue weighted by molar-refractivity contribution is 0.108. The molecule has 0 saturated heterocycles. The number of unbranched alkanes of at least 4 members (excludes halogenated alkanes) is 5. The van der Waals surface area contributed by atoms with E-state index in [0.717, 1.165) is 19.3 Å². The van der Waals surface area contributed by atoms with Gasteiger partial charge in [-0.15, -0.1) is 0 Å². The molecule has 3 N–H and O–H groups in total. The highest BCUT2D eigenvalue weighted by molar-refractivity contribution is 4.76. The zero-order valence-corrected chi connectivity index (χ0v) is 11.4. The van der Waals surface area contributed by atoms with Crippen molar-refractivity contribution in [2.75, 3.05) is 0 Å². The van der Waals surface area contributed by atoms with E-state index < -0.39 is 0 Å². The molecule has 2 nitrogen and oxygen atoms in total. The molecule has 3 atom stereocenters. The van der Waals surface area contributed by atoms with Crippen molar-refractivity contribution >= 4 is 0 Å². The van der Waals surface area contributed by atoms with Gasteiger partial charge in [-0.05, 0) is 12.3 Å². The molecule has 16 heavy (non-hydrogen) atoms. The Labute approximate surface area is 102 Å². The highest BCUT2D eigenvalue weighted by Gasteiger charge is 2.19. The van der Waals surface area contributed by atoms with Crippen LogP contribution in [0.2, 0.25) is 0 Å². The molecule has 0 aliphatic carbocycles. The molecule has 0 aliphatic heterocycles. The van der Waals surface area contributed by atoms with Crippen LogP contribution in [0.1, 0.15) is 72.1 Å². The maximum Gasteiger partial charge on any atom is 0.0693 e. The first-order valence-corrected chi connectivity index (χ1v) is 7.07. The van der Waals surface area contributed by atoms with Crippen molar-refractivity contribution in [1.82, 2.24) is 0 Å². The van der Waals surface area contributed by atoms with Gasteiger partial charge in [0.05, 0.1) is 6.10 Å². The van der Waals surface area contributed by atoms with Crippen molar-refractivity contribution in [3.63, 3.8) is 0 Å². The van der Waals surface area contributed by atoms with Crippen LogP contribution in [0.25, 0.3) is 0 Å². The monoisotopic (exact) mass is 229 g/mol. The minimum absolute atomic E-state index is 0.0411. The zero-order chi connectivity index (χ0) is 12.4. The predicted molar refractivity (Wildman–Crippen MR) is 71.4 cm³/mol. The van der Waals surface area contributed by atoms with Crippen LogP contribution in [0, 0.1) is 5.92 Å². The quantitative estimate of drug-likeness (QED) is 0.563. The summed E-state index contributed by atoms with van der Waals surface area (Å²) in [6, 6.07) is -0.0411. The first kappa shape index (κ1) is 15.9. The van der Waals surface area contributed by atoms with Crippen LogP contribution in [0.15, 0.2) is 0 Å². The third kappa shape index (κ3) is 7.24. The van der Waals surface area contributed by atoms with E-state index in [4.69, 9.17) is 5.73 Å². The second-order valence-electron chi connectivity index (χ2n) is 5.09. The summed E-state index contributed by atoms with van der Waals surface area (Å²) in [5, 5.41) is 9.90. The summed E-state index contributed by atoms with van der Waals surface area (Å²) in [4.78, 5) is 0. The molecule has 98 valence electrons. The summed E-state index contributed by atoms with van der Waals surface area (Å²) in [5.74, 6) is 0.426. The van der Waals surface area contributed by atoms with Crippen molar-refractivity contribution in [1.29, 1.82) is 0 Å². The molecule has 0 fully saturated rings. The average Bonchev–Trinajstić information content (AvgIpc) is 2.31. The van der Waals surface area contributed by atoms with Crippen molar-refractivity contribution < 1.29 is 5.11 Å². The van der Waals surface area contributed by atoms with Crippen LogP contribution in [0.3, 0.4) is 0 Å². The SMILES string of the molecule is CCCCCCCC[C@@H](O)[C@@H](N)[C@@H](C)CC. The number of rotatable bonds is 10. The Hall–Kier alpha value is -0.0800. The highest BCUT2D eigenvalue weighted by atomic mass is 16.3.